The van der Waals surface area contributed by atoms with Gasteiger partial charge in [-0.2, -0.15) is 0 Å². The zero-order valence-electron chi connectivity index (χ0n) is 14.2. The monoisotopic (exact) mass is 372 g/mol. The highest BCUT2D eigenvalue weighted by Gasteiger charge is 2.18. The fourth-order valence-electron chi connectivity index (χ4n) is 2.16. The number of hydrogen-bond acceptors (Lipinski definition) is 6. The summed E-state index contributed by atoms with van der Waals surface area (Å²) in [6.07, 6.45) is -0.421. The lowest BCUT2D eigenvalue weighted by Gasteiger charge is -2.15. The first-order valence-electron chi connectivity index (χ1n) is 7.83. The van der Waals surface area contributed by atoms with Crippen LogP contribution in [0.4, 0.5) is 0 Å². The summed E-state index contributed by atoms with van der Waals surface area (Å²) in [6, 6.07) is 11.7. The van der Waals surface area contributed by atoms with Gasteiger partial charge >= 0.3 is 23.9 Å². The van der Waals surface area contributed by atoms with Gasteiger partial charge in [-0.05, 0) is 43.3 Å². The van der Waals surface area contributed by atoms with Crippen LogP contribution in [-0.4, -0.2) is 46.8 Å². The Kier molecular flexibility index (Phi) is 6.27. The molecule has 2 N–H and O–H groups in total. The molecule has 2 heterocycles. The van der Waals surface area contributed by atoms with Crippen LogP contribution in [0.25, 0.3) is 0 Å². The van der Waals surface area contributed by atoms with E-state index in [2.05, 4.69) is 0 Å². The molecule has 2 bridgehead atoms. The topological polar surface area (TPSA) is 127 Å². The average Bonchev–Trinajstić information content (AvgIpc) is 2.66. The number of carbonyl (C=O) groups is 4. The summed E-state index contributed by atoms with van der Waals surface area (Å²) in [5, 5.41) is 17.1. The number of carbonyl (C=O) groups excluding carboxylic acids is 2. The van der Waals surface area contributed by atoms with Crippen molar-refractivity contribution in [3.05, 3.63) is 70.8 Å². The van der Waals surface area contributed by atoms with E-state index in [1.807, 2.05) is 0 Å². The minimum atomic E-state index is -1.23. The van der Waals surface area contributed by atoms with Gasteiger partial charge in [0.2, 0.25) is 0 Å². The second-order valence-electron chi connectivity index (χ2n) is 5.55. The SMILES string of the molecule is CC1COC(=O)c2ccc(cc2)C(=O)O1.O=C(O)c1ccccc1C(=O)O. The van der Waals surface area contributed by atoms with Crippen molar-refractivity contribution in [2.75, 3.05) is 6.61 Å². The molecule has 1 atom stereocenters. The average molecular weight is 372 g/mol. The van der Waals surface area contributed by atoms with Crippen LogP contribution in [0, 0.1) is 0 Å². The zero-order chi connectivity index (χ0) is 20.0. The lowest BCUT2D eigenvalue weighted by atomic mass is 10.1. The number of rotatable bonds is 2. The molecule has 0 radical (unpaired) electrons. The first-order valence-corrected chi connectivity index (χ1v) is 7.83. The molecular formula is C19H16O8. The first-order chi connectivity index (χ1) is 12.8. The van der Waals surface area contributed by atoms with Crippen molar-refractivity contribution in [2.24, 2.45) is 0 Å². The Labute approximate surface area is 154 Å². The molecule has 4 rings (SSSR count). The molecule has 2 aromatic rings. The molecule has 0 saturated carbocycles. The van der Waals surface area contributed by atoms with Crippen LogP contribution in [0.15, 0.2) is 48.5 Å². The van der Waals surface area contributed by atoms with Crippen LogP contribution in [-0.2, 0) is 9.47 Å². The van der Waals surface area contributed by atoms with Crippen molar-refractivity contribution < 1.29 is 38.9 Å². The van der Waals surface area contributed by atoms with Crippen LogP contribution in [0.5, 0.6) is 0 Å². The number of fused-ring (bicyclic) bond motifs is 7. The van der Waals surface area contributed by atoms with Gasteiger partial charge in [-0.3, -0.25) is 0 Å². The van der Waals surface area contributed by atoms with Gasteiger partial charge in [-0.25, -0.2) is 19.2 Å². The quantitative estimate of drug-likeness (QED) is 0.770. The predicted molar refractivity (Wildman–Crippen MR) is 92.0 cm³/mol. The Morgan fingerprint density at radius 2 is 1.30 bits per heavy atom. The number of carboxylic acids is 2. The van der Waals surface area contributed by atoms with E-state index in [1.165, 1.54) is 24.3 Å². The number of esters is 2. The summed E-state index contributed by atoms with van der Waals surface area (Å²) >= 11 is 0. The van der Waals surface area contributed by atoms with Crippen LogP contribution in [0.3, 0.4) is 0 Å². The van der Waals surface area contributed by atoms with E-state index in [9.17, 15) is 19.2 Å². The van der Waals surface area contributed by atoms with Gasteiger partial charge in [-0.15, -0.1) is 0 Å². The molecule has 2 aliphatic heterocycles. The molecule has 0 amide bonds. The molecule has 0 spiro atoms. The molecule has 1 unspecified atom stereocenters. The minimum Gasteiger partial charge on any atom is -0.478 e. The highest BCUT2D eigenvalue weighted by Crippen LogP contribution is 2.11. The van der Waals surface area contributed by atoms with E-state index in [0.717, 1.165) is 0 Å². The summed E-state index contributed by atoms with van der Waals surface area (Å²) < 4.78 is 9.98. The molecule has 140 valence electrons. The second kappa shape index (κ2) is 8.61. The van der Waals surface area contributed by atoms with Crippen molar-refractivity contribution in [1.82, 2.24) is 0 Å². The highest BCUT2D eigenvalue weighted by atomic mass is 16.6. The maximum Gasteiger partial charge on any atom is 0.338 e. The largest absolute Gasteiger partial charge is 0.478 e. The van der Waals surface area contributed by atoms with Crippen LogP contribution < -0.4 is 0 Å². The van der Waals surface area contributed by atoms with Gasteiger partial charge in [0.15, 0.2) is 0 Å². The molecule has 8 nitrogen and oxygen atoms in total. The molecule has 2 aromatic carbocycles. The second-order valence-corrected chi connectivity index (χ2v) is 5.55. The number of hydrogen-bond donors (Lipinski definition) is 2. The van der Waals surface area contributed by atoms with E-state index in [-0.39, 0.29) is 17.7 Å². The summed E-state index contributed by atoms with van der Waals surface area (Å²) in [6.45, 7) is 1.77. The van der Waals surface area contributed by atoms with Gasteiger partial charge in [-0.1, -0.05) is 12.1 Å². The lowest BCUT2D eigenvalue weighted by Crippen LogP contribution is -2.23. The third-order valence-electron chi connectivity index (χ3n) is 3.50. The van der Waals surface area contributed by atoms with Gasteiger partial charge in [0, 0.05) is 0 Å². The van der Waals surface area contributed by atoms with Crippen molar-refractivity contribution in [1.29, 1.82) is 0 Å². The van der Waals surface area contributed by atoms with E-state index in [0.29, 0.717) is 11.1 Å². The van der Waals surface area contributed by atoms with Crippen molar-refractivity contribution >= 4 is 23.9 Å². The van der Waals surface area contributed by atoms with Crippen molar-refractivity contribution in [2.45, 2.75) is 13.0 Å². The number of carboxylic acid groups (broad SMARTS) is 2. The van der Waals surface area contributed by atoms with Gasteiger partial charge in [0.1, 0.15) is 12.7 Å². The summed E-state index contributed by atoms with van der Waals surface area (Å²) in [5.41, 5.74) is 0.510. The summed E-state index contributed by atoms with van der Waals surface area (Å²) in [5.74, 6) is -3.25. The molecular weight excluding hydrogens is 356 g/mol. The molecule has 0 saturated heterocycles. The fraction of sp³-hybridized carbons (Fsp3) is 0.158. The molecule has 0 aliphatic carbocycles. The highest BCUT2D eigenvalue weighted by molar-refractivity contribution is 6.01. The van der Waals surface area contributed by atoms with Crippen molar-refractivity contribution in [3.8, 4) is 0 Å². The number of aromatic carboxylic acids is 2. The smallest absolute Gasteiger partial charge is 0.338 e. The maximum atomic E-state index is 11.5. The van der Waals surface area contributed by atoms with Crippen LogP contribution in [0.2, 0.25) is 0 Å². The molecule has 2 aliphatic rings. The van der Waals surface area contributed by atoms with E-state index in [1.54, 1.807) is 31.2 Å². The molecule has 0 aromatic heterocycles. The Bertz CT molecular complexity index is 837. The van der Waals surface area contributed by atoms with Gasteiger partial charge in [0.25, 0.3) is 0 Å². The van der Waals surface area contributed by atoms with Crippen LogP contribution in [0.1, 0.15) is 48.4 Å². The van der Waals surface area contributed by atoms with E-state index in [4.69, 9.17) is 19.7 Å². The van der Waals surface area contributed by atoms with Crippen molar-refractivity contribution in [3.63, 3.8) is 0 Å². The van der Waals surface area contributed by atoms with E-state index < -0.39 is 30.0 Å². The number of benzene rings is 2. The predicted octanol–water partition coefficient (Wildman–Crippen LogP) is 2.49. The normalized spacial score (nSPS) is 15.7. The van der Waals surface area contributed by atoms with Crippen LogP contribution >= 0.6 is 0 Å². The molecule has 27 heavy (non-hydrogen) atoms. The fourth-order valence-corrected chi connectivity index (χ4v) is 2.16. The maximum absolute atomic E-state index is 11.5. The number of ether oxygens (including phenoxy) is 2. The third kappa shape index (κ3) is 5.15. The minimum absolute atomic E-state index is 0.0863. The third-order valence-corrected chi connectivity index (χ3v) is 3.50. The zero-order valence-corrected chi connectivity index (χ0v) is 14.2. The summed E-state index contributed by atoms with van der Waals surface area (Å²) in [4.78, 5) is 43.8. The van der Waals surface area contributed by atoms with Gasteiger partial charge in [0.05, 0.1) is 22.3 Å². The Morgan fingerprint density at radius 3 is 1.74 bits per heavy atom. The lowest BCUT2D eigenvalue weighted by molar-refractivity contribution is 0.00395. The standard InChI is InChI=1S/C11H10O4.C8H6O4/c1-7-6-14-10(12)8-2-4-9(5-3-8)11(13)15-7;9-7(10)5-3-1-2-4-6(5)8(11)12/h2-5,7H,6H2,1H3;1-4H,(H,9,10)(H,11,12). The summed E-state index contributed by atoms with van der Waals surface area (Å²) in [7, 11) is 0. The Balaban J connectivity index is 0.000000199. The molecule has 8 heteroatoms. The van der Waals surface area contributed by atoms with Gasteiger partial charge < -0.3 is 19.7 Å². The van der Waals surface area contributed by atoms with E-state index >= 15 is 0 Å². The molecule has 0 fully saturated rings. The Morgan fingerprint density at radius 1 is 0.852 bits per heavy atom. The Hall–Kier alpha value is -3.68. The first kappa shape index (κ1) is 19.6.